The Morgan fingerprint density at radius 2 is 1.84 bits per heavy atom. The highest BCUT2D eigenvalue weighted by Crippen LogP contribution is 2.29. The van der Waals surface area contributed by atoms with Crippen LogP contribution >= 0.6 is 0 Å². The number of sulfone groups is 1. The second-order valence-electron chi connectivity index (χ2n) is 7.69. The van der Waals surface area contributed by atoms with Gasteiger partial charge in [-0.3, -0.25) is 4.79 Å². The van der Waals surface area contributed by atoms with Crippen molar-refractivity contribution in [3.05, 3.63) is 59.7 Å². The van der Waals surface area contributed by atoms with Crippen LogP contribution in [-0.2, 0) is 26.0 Å². The van der Waals surface area contributed by atoms with Crippen molar-refractivity contribution in [3.8, 4) is 11.5 Å². The van der Waals surface area contributed by atoms with Gasteiger partial charge in [0.15, 0.2) is 27.4 Å². The predicted molar refractivity (Wildman–Crippen MR) is 118 cm³/mol. The number of carbonyl (C=O) groups is 2. The summed E-state index contributed by atoms with van der Waals surface area (Å²) in [6.07, 6.45) is -0.678. The number of hydrogen-bond donors (Lipinski definition) is 0. The molecule has 0 aromatic heterocycles. The van der Waals surface area contributed by atoms with Crippen molar-refractivity contribution in [3.63, 3.8) is 0 Å². The van der Waals surface area contributed by atoms with E-state index in [4.69, 9.17) is 14.2 Å². The molecule has 9 heteroatoms. The van der Waals surface area contributed by atoms with Crippen molar-refractivity contribution in [2.45, 2.75) is 32.1 Å². The van der Waals surface area contributed by atoms with Crippen molar-refractivity contribution < 1.29 is 32.2 Å². The average Bonchev–Trinajstić information content (AvgIpc) is 3.16. The van der Waals surface area contributed by atoms with Crippen LogP contribution in [0.25, 0.3) is 0 Å². The first kappa shape index (κ1) is 23.6. The second-order valence-corrected chi connectivity index (χ2v) is 9.92. The molecule has 0 unspecified atom stereocenters. The lowest BCUT2D eigenvalue weighted by molar-refractivity contribution is -0.140. The van der Waals surface area contributed by atoms with Crippen molar-refractivity contribution >= 4 is 21.7 Å². The standard InChI is InChI=1S/C23H27NO7S/c1-16(22(25)24(2)19-11-12-32(27,28)15-19)31-23(26)18-9-10-20(21(13-18)29-3)30-14-17-7-5-4-6-8-17/h4-10,13,16,19H,11-12,14-15H2,1-3H3/t16-,19-/m0/s1. The molecule has 0 bridgehead atoms. The molecular weight excluding hydrogens is 434 g/mol. The van der Waals surface area contributed by atoms with Gasteiger partial charge in [-0.15, -0.1) is 0 Å². The molecule has 8 nitrogen and oxygen atoms in total. The zero-order valence-corrected chi connectivity index (χ0v) is 19.1. The molecule has 2 atom stereocenters. The molecule has 1 aliphatic rings. The number of carbonyl (C=O) groups excluding carboxylic acids is 2. The summed E-state index contributed by atoms with van der Waals surface area (Å²) in [7, 11) is -0.131. The number of nitrogens with zero attached hydrogens (tertiary/aromatic N) is 1. The molecule has 1 amide bonds. The quantitative estimate of drug-likeness (QED) is 0.557. The van der Waals surface area contributed by atoms with Crippen molar-refractivity contribution in [2.75, 3.05) is 25.7 Å². The van der Waals surface area contributed by atoms with E-state index in [2.05, 4.69) is 0 Å². The zero-order valence-electron chi connectivity index (χ0n) is 18.3. The summed E-state index contributed by atoms with van der Waals surface area (Å²) in [5, 5.41) is 0. The van der Waals surface area contributed by atoms with Crippen molar-refractivity contribution in [1.29, 1.82) is 0 Å². The van der Waals surface area contributed by atoms with Crippen LogP contribution in [0.15, 0.2) is 48.5 Å². The third-order valence-corrected chi connectivity index (χ3v) is 7.12. The lowest BCUT2D eigenvalue weighted by atomic mass is 10.2. The minimum atomic E-state index is -3.13. The van der Waals surface area contributed by atoms with Gasteiger partial charge >= 0.3 is 5.97 Å². The fourth-order valence-electron chi connectivity index (χ4n) is 3.48. The van der Waals surface area contributed by atoms with E-state index in [1.165, 1.54) is 38.1 Å². The lowest BCUT2D eigenvalue weighted by Crippen LogP contribution is -2.44. The first-order chi connectivity index (χ1) is 15.2. The number of ether oxygens (including phenoxy) is 3. The minimum Gasteiger partial charge on any atom is -0.493 e. The van der Waals surface area contributed by atoms with Crippen LogP contribution in [0.5, 0.6) is 11.5 Å². The summed E-state index contributed by atoms with van der Waals surface area (Å²) >= 11 is 0. The topological polar surface area (TPSA) is 99.2 Å². The molecule has 1 saturated heterocycles. The van der Waals surface area contributed by atoms with Gasteiger partial charge < -0.3 is 19.1 Å². The second kappa shape index (κ2) is 10.0. The highest BCUT2D eigenvalue weighted by atomic mass is 32.2. The monoisotopic (exact) mass is 461 g/mol. The van der Waals surface area contributed by atoms with Gasteiger partial charge in [0.05, 0.1) is 24.2 Å². The van der Waals surface area contributed by atoms with Crippen LogP contribution < -0.4 is 9.47 Å². The van der Waals surface area contributed by atoms with Gasteiger partial charge in [-0.05, 0) is 37.1 Å². The average molecular weight is 462 g/mol. The summed E-state index contributed by atoms with van der Waals surface area (Å²) < 4.78 is 39.8. The molecule has 1 aliphatic heterocycles. The van der Waals surface area contributed by atoms with Crippen molar-refractivity contribution in [1.82, 2.24) is 4.90 Å². The maximum Gasteiger partial charge on any atom is 0.339 e. The number of likely N-dealkylation sites (N-methyl/N-ethyl adjacent to an activating group) is 1. The maximum absolute atomic E-state index is 12.6. The third-order valence-electron chi connectivity index (χ3n) is 5.37. The molecule has 1 fully saturated rings. The fraction of sp³-hybridized carbons (Fsp3) is 0.391. The SMILES string of the molecule is COc1cc(C(=O)O[C@@H](C)C(=O)N(C)[C@H]2CCS(=O)(=O)C2)ccc1OCc1ccccc1. The highest BCUT2D eigenvalue weighted by molar-refractivity contribution is 7.91. The van der Waals surface area contributed by atoms with Crippen LogP contribution in [-0.4, -0.2) is 63.0 Å². The molecule has 2 aromatic carbocycles. The molecule has 2 aromatic rings. The number of amides is 1. The molecule has 172 valence electrons. The molecule has 1 heterocycles. The molecule has 0 spiro atoms. The number of benzene rings is 2. The molecule has 0 radical (unpaired) electrons. The Morgan fingerprint density at radius 3 is 2.47 bits per heavy atom. The molecule has 0 N–H and O–H groups in total. The van der Waals surface area contributed by atoms with Crippen LogP contribution in [0.4, 0.5) is 0 Å². The van der Waals surface area contributed by atoms with E-state index < -0.39 is 33.9 Å². The van der Waals surface area contributed by atoms with Crippen LogP contribution in [0.3, 0.4) is 0 Å². The number of rotatable bonds is 8. The van der Waals surface area contributed by atoms with E-state index in [0.29, 0.717) is 24.5 Å². The Hall–Kier alpha value is -3.07. The third kappa shape index (κ3) is 5.79. The van der Waals surface area contributed by atoms with E-state index in [-0.39, 0.29) is 17.1 Å². The molecule has 0 aliphatic carbocycles. The Morgan fingerprint density at radius 1 is 1.12 bits per heavy atom. The van der Waals surface area contributed by atoms with Gasteiger partial charge in [-0.2, -0.15) is 0 Å². The number of esters is 1. The largest absolute Gasteiger partial charge is 0.493 e. The van der Waals surface area contributed by atoms with Gasteiger partial charge in [0.25, 0.3) is 5.91 Å². The summed E-state index contributed by atoms with van der Waals surface area (Å²) in [6.45, 7) is 1.81. The Kier molecular flexibility index (Phi) is 7.40. The Bertz CT molecular complexity index is 1070. The normalized spacial score (nSPS) is 17.9. The molecule has 0 saturated carbocycles. The first-order valence-corrected chi connectivity index (χ1v) is 12.0. The molecule has 32 heavy (non-hydrogen) atoms. The summed E-state index contributed by atoms with van der Waals surface area (Å²) in [5.74, 6) is -0.317. The Balaban J connectivity index is 1.62. The number of hydrogen-bond acceptors (Lipinski definition) is 7. The van der Waals surface area contributed by atoms with Gasteiger partial charge in [0.2, 0.25) is 0 Å². The lowest BCUT2D eigenvalue weighted by Gasteiger charge is -2.26. The van der Waals surface area contributed by atoms with Crippen molar-refractivity contribution in [2.24, 2.45) is 0 Å². The van der Waals surface area contributed by atoms with Crippen LogP contribution in [0.2, 0.25) is 0 Å². The fourth-order valence-corrected chi connectivity index (χ4v) is 5.25. The van der Waals surface area contributed by atoms with Gasteiger partial charge in [-0.25, -0.2) is 13.2 Å². The minimum absolute atomic E-state index is 0.0575. The number of methoxy groups -OCH3 is 1. The van der Waals surface area contributed by atoms with Gasteiger partial charge in [0.1, 0.15) is 6.61 Å². The van der Waals surface area contributed by atoms with E-state index in [9.17, 15) is 18.0 Å². The summed E-state index contributed by atoms with van der Waals surface area (Å²) in [4.78, 5) is 26.5. The van der Waals surface area contributed by atoms with E-state index in [0.717, 1.165) is 5.56 Å². The van der Waals surface area contributed by atoms with E-state index in [1.807, 2.05) is 30.3 Å². The van der Waals surface area contributed by atoms with Crippen LogP contribution in [0, 0.1) is 0 Å². The highest BCUT2D eigenvalue weighted by Gasteiger charge is 2.35. The molecule has 3 rings (SSSR count). The predicted octanol–water partition coefficient (Wildman–Crippen LogP) is 2.46. The summed E-state index contributed by atoms with van der Waals surface area (Å²) in [5.41, 5.74) is 1.20. The zero-order chi connectivity index (χ0) is 23.3. The van der Waals surface area contributed by atoms with E-state index in [1.54, 1.807) is 6.07 Å². The van der Waals surface area contributed by atoms with E-state index >= 15 is 0 Å². The van der Waals surface area contributed by atoms with Crippen LogP contribution in [0.1, 0.15) is 29.3 Å². The van der Waals surface area contributed by atoms with Gasteiger partial charge in [-0.1, -0.05) is 30.3 Å². The molecular formula is C23H27NO7S. The van der Waals surface area contributed by atoms with Gasteiger partial charge in [0, 0.05) is 13.1 Å². The first-order valence-electron chi connectivity index (χ1n) is 10.2. The smallest absolute Gasteiger partial charge is 0.339 e. The Labute approximate surface area is 188 Å². The maximum atomic E-state index is 12.6. The summed E-state index contributed by atoms with van der Waals surface area (Å²) in [6, 6.07) is 13.9.